The van der Waals surface area contributed by atoms with Crippen molar-refractivity contribution >= 4 is 43.6 Å². The molecule has 0 saturated heterocycles. The number of nitrogens with zero attached hydrogens (tertiary/aromatic N) is 1. The van der Waals surface area contributed by atoms with E-state index in [9.17, 15) is 21.2 Å². The maximum Gasteiger partial charge on any atom is 0.264 e. The molecular formula is C18H21ClFN3O5S2. The van der Waals surface area contributed by atoms with Gasteiger partial charge in [0.25, 0.3) is 10.0 Å². The molecule has 1 unspecified atom stereocenters. The number of anilines is 2. The fraction of sp³-hybridized carbons (Fsp3) is 0.333. The number of halogens is 2. The molecule has 164 valence electrons. The van der Waals surface area contributed by atoms with Gasteiger partial charge in [0, 0.05) is 5.69 Å². The smallest absolute Gasteiger partial charge is 0.264 e. The van der Waals surface area contributed by atoms with Crippen LogP contribution in [0.3, 0.4) is 0 Å². The number of hydrogen-bond acceptors (Lipinski definition) is 7. The maximum atomic E-state index is 13.3. The molecule has 1 aliphatic heterocycles. The normalized spacial score (nSPS) is 19.9. The number of sulfone groups is 1. The van der Waals surface area contributed by atoms with E-state index in [0.717, 1.165) is 28.6 Å². The lowest BCUT2D eigenvalue weighted by Gasteiger charge is -2.37. The fourth-order valence-corrected chi connectivity index (χ4v) is 6.54. The third kappa shape index (κ3) is 3.94. The summed E-state index contributed by atoms with van der Waals surface area (Å²) in [4.78, 5) is -0.147. The van der Waals surface area contributed by atoms with Crippen LogP contribution in [-0.2, 0) is 19.9 Å². The molecule has 2 aliphatic rings. The second-order valence-corrected chi connectivity index (χ2v) is 11.4. The van der Waals surface area contributed by atoms with Gasteiger partial charge in [-0.25, -0.2) is 21.2 Å². The largest absolute Gasteiger partial charge is 0.484 e. The molecule has 1 saturated carbocycles. The zero-order valence-electron chi connectivity index (χ0n) is 15.6. The highest BCUT2D eigenvalue weighted by Gasteiger charge is 2.46. The van der Waals surface area contributed by atoms with Crippen LogP contribution >= 0.6 is 12.4 Å². The van der Waals surface area contributed by atoms with Crippen LogP contribution in [0.15, 0.2) is 47.4 Å². The number of nitrogen functional groups attached to an aromatic ring is 1. The summed E-state index contributed by atoms with van der Waals surface area (Å²) >= 11 is 0. The molecule has 0 amide bonds. The lowest BCUT2D eigenvalue weighted by Crippen LogP contribution is -2.55. The Morgan fingerprint density at radius 3 is 2.30 bits per heavy atom. The Hall–Kier alpha value is -2.08. The topological polar surface area (TPSA) is 133 Å². The third-order valence-electron chi connectivity index (χ3n) is 5.01. The molecular weight excluding hydrogens is 457 g/mol. The molecule has 8 nitrogen and oxygen atoms in total. The summed E-state index contributed by atoms with van der Waals surface area (Å²) in [6.07, 6.45) is -0.0343. The highest BCUT2D eigenvalue weighted by Crippen LogP contribution is 2.40. The van der Waals surface area contributed by atoms with Crippen LogP contribution in [0.4, 0.5) is 15.8 Å². The minimum absolute atomic E-state index is 0. The van der Waals surface area contributed by atoms with Crippen molar-refractivity contribution in [2.45, 2.75) is 34.5 Å². The highest BCUT2D eigenvalue weighted by molar-refractivity contribution is 7.93. The molecule has 4 rings (SSSR count). The highest BCUT2D eigenvalue weighted by atomic mass is 35.5. The molecule has 2 aromatic carbocycles. The Morgan fingerprint density at radius 1 is 1.07 bits per heavy atom. The van der Waals surface area contributed by atoms with Crippen LogP contribution in [0, 0.1) is 5.82 Å². The van der Waals surface area contributed by atoms with Gasteiger partial charge >= 0.3 is 0 Å². The van der Waals surface area contributed by atoms with Gasteiger partial charge in [-0.2, -0.15) is 0 Å². The molecule has 1 heterocycles. The molecule has 2 atom stereocenters. The summed E-state index contributed by atoms with van der Waals surface area (Å²) in [5.74, 6) is -0.423. The minimum atomic E-state index is -4.14. The van der Waals surface area contributed by atoms with Crippen molar-refractivity contribution in [3.63, 3.8) is 0 Å². The fourth-order valence-electron chi connectivity index (χ4n) is 3.25. The first-order valence-corrected chi connectivity index (χ1v) is 12.0. The van der Waals surface area contributed by atoms with Gasteiger partial charge < -0.3 is 16.2 Å². The van der Waals surface area contributed by atoms with Crippen LogP contribution in [-0.4, -0.2) is 40.1 Å². The van der Waals surface area contributed by atoms with E-state index in [1.807, 2.05) is 0 Å². The van der Waals surface area contributed by atoms with E-state index in [0.29, 0.717) is 18.5 Å². The van der Waals surface area contributed by atoms with Crippen LogP contribution in [0.1, 0.15) is 12.8 Å². The maximum absolute atomic E-state index is 13.3. The first kappa shape index (κ1) is 22.6. The van der Waals surface area contributed by atoms with E-state index >= 15 is 0 Å². The Bertz CT molecular complexity index is 1150. The molecule has 0 aromatic heterocycles. The zero-order valence-corrected chi connectivity index (χ0v) is 18.1. The number of nitrogens with two attached hydrogens (primary N) is 2. The molecule has 2 aromatic rings. The summed E-state index contributed by atoms with van der Waals surface area (Å²) in [6, 6.07) is 8.77. The Morgan fingerprint density at radius 2 is 1.70 bits per heavy atom. The standard InChI is InChI=1S/C18H20FN3O5S2.ClH/c19-11-1-4-14(5-2-11)29(25,26)22-10-17(18(21)28(23,24)13-6-7-13)27-16-8-3-12(20)9-15(16)22;/h1-5,8-9,13,17-18H,6-7,10,20-21H2;1H/t17-,18?;/m0./s1. The summed E-state index contributed by atoms with van der Waals surface area (Å²) in [7, 11) is -7.80. The number of ether oxygens (including phenoxy) is 1. The van der Waals surface area contributed by atoms with Crippen LogP contribution in [0.2, 0.25) is 0 Å². The van der Waals surface area contributed by atoms with Crippen LogP contribution in [0.5, 0.6) is 5.75 Å². The van der Waals surface area contributed by atoms with Gasteiger partial charge in [-0.1, -0.05) is 0 Å². The number of fused-ring (bicyclic) bond motifs is 1. The van der Waals surface area contributed by atoms with E-state index in [1.54, 1.807) is 0 Å². The van der Waals surface area contributed by atoms with Crippen molar-refractivity contribution in [2.75, 3.05) is 16.6 Å². The van der Waals surface area contributed by atoms with Crippen molar-refractivity contribution in [2.24, 2.45) is 5.73 Å². The van der Waals surface area contributed by atoms with E-state index in [-0.39, 0.29) is 35.3 Å². The van der Waals surface area contributed by atoms with Gasteiger partial charge in [0.15, 0.2) is 9.84 Å². The molecule has 1 aliphatic carbocycles. The first-order chi connectivity index (χ1) is 13.6. The first-order valence-electron chi connectivity index (χ1n) is 8.93. The van der Waals surface area contributed by atoms with Gasteiger partial charge in [-0.15, -0.1) is 12.4 Å². The summed E-state index contributed by atoms with van der Waals surface area (Å²) in [5.41, 5.74) is 12.3. The van der Waals surface area contributed by atoms with Crippen molar-refractivity contribution in [3.8, 4) is 5.75 Å². The Balaban J connectivity index is 0.00000256. The molecule has 0 bridgehead atoms. The zero-order chi connectivity index (χ0) is 21.0. The SMILES string of the molecule is Cl.Nc1ccc2c(c1)N(S(=O)(=O)c1ccc(F)cc1)C[C@@H](C(N)S(=O)(=O)C1CC1)O2. The third-order valence-corrected chi connectivity index (χ3v) is 9.27. The van der Waals surface area contributed by atoms with E-state index in [2.05, 4.69) is 0 Å². The van der Waals surface area contributed by atoms with Gasteiger partial charge in [0.1, 0.15) is 23.0 Å². The lowest BCUT2D eigenvalue weighted by molar-refractivity contribution is 0.194. The van der Waals surface area contributed by atoms with Gasteiger partial charge in [0.2, 0.25) is 0 Å². The molecule has 1 fully saturated rings. The molecule has 4 N–H and O–H groups in total. The number of rotatable bonds is 5. The predicted octanol–water partition coefficient (Wildman–Crippen LogP) is 1.65. The van der Waals surface area contributed by atoms with Gasteiger partial charge in [0.05, 0.1) is 22.4 Å². The van der Waals surface area contributed by atoms with Crippen LogP contribution < -0.4 is 20.5 Å². The Kier molecular flexibility index (Phi) is 5.93. The lowest BCUT2D eigenvalue weighted by atomic mass is 10.2. The Labute approximate surface area is 180 Å². The van der Waals surface area contributed by atoms with E-state index in [4.69, 9.17) is 16.2 Å². The van der Waals surface area contributed by atoms with Gasteiger partial charge in [-0.3, -0.25) is 4.31 Å². The quantitative estimate of drug-likeness (QED) is 0.625. The monoisotopic (exact) mass is 477 g/mol. The average Bonchev–Trinajstić information content (AvgIpc) is 3.52. The number of benzene rings is 2. The molecule has 12 heteroatoms. The summed E-state index contributed by atoms with van der Waals surface area (Å²) in [5, 5.41) is -1.90. The summed E-state index contributed by atoms with van der Waals surface area (Å²) in [6.45, 7) is -0.316. The number of sulfonamides is 1. The van der Waals surface area contributed by atoms with Crippen molar-refractivity contribution in [1.29, 1.82) is 0 Å². The molecule has 30 heavy (non-hydrogen) atoms. The predicted molar refractivity (Wildman–Crippen MR) is 113 cm³/mol. The van der Waals surface area contributed by atoms with E-state index in [1.165, 1.54) is 18.2 Å². The van der Waals surface area contributed by atoms with Crippen molar-refractivity contribution in [1.82, 2.24) is 0 Å². The second kappa shape index (κ2) is 7.88. The van der Waals surface area contributed by atoms with E-state index < -0.39 is 42.4 Å². The van der Waals surface area contributed by atoms with Crippen molar-refractivity contribution < 1.29 is 26.0 Å². The molecule has 0 radical (unpaired) electrons. The molecule has 0 spiro atoms. The van der Waals surface area contributed by atoms with Gasteiger partial charge in [-0.05, 0) is 55.3 Å². The second-order valence-electron chi connectivity index (χ2n) is 7.13. The average molecular weight is 478 g/mol. The van der Waals surface area contributed by atoms with Crippen molar-refractivity contribution in [3.05, 3.63) is 48.3 Å². The van der Waals surface area contributed by atoms with Crippen LogP contribution in [0.25, 0.3) is 0 Å². The minimum Gasteiger partial charge on any atom is -0.484 e. The summed E-state index contributed by atoms with van der Waals surface area (Å²) < 4.78 is 71.7. The number of hydrogen-bond donors (Lipinski definition) is 2.